The van der Waals surface area contributed by atoms with Crippen molar-refractivity contribution in [3.63, 3.8) is 0 Å². The second-order valence-corrected chi connectivity index (χ2v) is 5.60. The van der Waals surface area contributed by atoms with E-state index in [1.54, 1.807) is 19.2 Å². The first kappa shape index (κ1) is 16.9. The predicted molar refractivity (Wildman–Crippen MR) is 96.2 cm³/mol. The maximum atomic E-state index is 12.9. The normalized spacial score (nSPS) is 11.7. The van der Waals surface area contributed by atoms with Gasteiger partial charge in [0, 0.05) is 32.8 Å². The fraction of sp³-hybridized carbons (Fsp3) is 0.278. The smallest absolute Gasteiger partial charge is 0.191 e. The average molecular weight is 340 g/mol. The fourth-order valence-electron chi connectivity index (χ4n) is 2.55. The molecule has 2 N–H and O–H groups in total. The van der Waals surface area contributed by atoms with Crippen molar-refractivity contribution in [2.45, 2.75) is 12.8 Å². The minimum Gasteiger partial charge on any atom is -0.356 e. The molecule has 0 atom stereocenters. The molecule has 130 valence electrons. The summed E-state index contributed by atoms with van der Waals surface area (Å²) in [6, 6.07) is 12.4. The standard InChI is InChI=1S/C18H21FN6/c1-20-18(21-11-9-14-5-7-15(19)8-6-14)22-12-10-17-24-23-16-4-2-3-13-25(16)17/h2-8,13H,9-12H2,1H3,(H2,20,21,22). The highest BCUT2D eigenvalue weighted by Crippen LogP contribution is 2.03. The van der Waals surface area contributed by atoms with Gasteiger partial charge in [-0.2, -0.15) is 0 Å². The predicted octanol–water partition coefficient (Wildman–Crippen LogP) is 1.82. The topological polar surface area (TPSA) is 66.6 Å². The van der Waals surface area contributed by atoms with Gasteiger partial charge in [0.2, 0.25) is 0 Å². The van der Waals surface area contributed by atoms with Crippen LogP contribution in [0.15, 0.2) is 53.7 Å². The molecule has 0 unspecified atom stereocenters. The number of aromatic nitrogens is 3. The SMILES string of the molecule is CN=C(NCCc1ccc(F)cc1)NCCc1nnc2ccccn12. The Balaban J connectivity index is 1.44. The van der Waals surface area contributed by atoms with E-state index in [0.717, 1.165) is 42.4 Å². The highest BCUT2D eigenvalue weighted by atomic mass is 19.1. The van der Waals surface area contributed by atoms with Gasteiger partial charge < -0.3 is 10.6 Å². The maximum absolute atomic E-state index is 12.9. The Morgan fingerprint density at radius 2 is 1.80 bits per heavy atom. The second kappa shape index (κ2) is 8.23. The molecule has 2 heterocycles. The number of hydrogen-bond acceptors (Lipinski definition) is 3. The van der Waals surface area contributed by atoms with E-state index < -0.39 is 0 Å². The zero-order valence-corrected chi connectivity index (χ0v) is 14.1. The summed E-state index contributed by atoms with van der Waals surface area (Å²) < 4.78 is 14.9. The van der Waals surface area contributed by atoms with Crippen molar-refractivity contribution in [2.75, 3.05) is 20.1 Å². The summed E-state index contributed by atoms with van der Waals surface area (Å²) in [5.41, 5.74) is 1.93. The molecule has 0 spiro atoms. The number of pyridine rings is 1. The van der Waals surface area contributed by atoms with E-state index in [1.165, 1.54) is 12.1 Å². The number of guanidine groups is 1. The fourth-order valence-corrected chi connectivity index (χ4v) is 2.55. The molecule has 6 nitrogen and oxygen atoms in total. The first-order valence-corrected chi connectivity index (χ1v) is 8.24. The number of hydrogen-bond donors (Lipinski definition) is 2. The van der Waals surface area contributed by atoms with E-state index in [-0.39, 0.29) is 5.82 Å². The first-order chi connectivity index (χ1) is 12.3. The van der Waals surface area contributed by atoms with Gasteiger partial charge in [-0.3, -0.25) is 9.39 Å². The van der Waals surface area contributed by atoms with Crippen LogP contribution >= 0.6 is 0 Å². The third-order valence-corrected chi connectivity index (χ3v) is 3.87. The van der Waals surface area contributed by atoms with Gasteiger partial charge in [0.25, 0.3) is 0 Å². The van der Waals surface area contributed by atoms with Gasteiger partial charge >= 0.3 is 0 Å². The summed E-state index contributed by atoms with van der Waals surface area (Å²) in [7, 11) is 1.74. The maximum Gasteiger partial charge on any atom is 0.191 e. The van der Waals surface area contributed by atoms with Gasteiger partial charge in [-0.15, -0.1) is 10.2 Å². The molecule has 1 aromatic carbocycles. The quantitative estimate of drug-likeness (QED) is 0.531. The molecule has 3 rings (SSSR count). The van der Waals surface area contributed by atoms with Crippen molar-refractivity contribution in [1.82, 2.24) is 25.2 Å². The van der Waals surface area contributed by atoms with Gasteiger partial charge in [0.15, 0.2) is 11.6 Å². The van der Waals surface area contributed by atoms with Crippen LogP contribution in [0.4, 0.5) is 4.39 Å². The highest BCUT2D eigenvalue weighted by Gasteiger charge is 2.05. The Labute approximate surface area is 145 Å². The highest BCUT2D eigenvalue weighted by molar-refractivity contribution is 5.79. The summed E-state index contributed by atoms with van der Waals surface area (Å²) >= 11 is 0. The van der Waals surface area contributed by atoms with E-state index in [9.17, 15) is 4.39 Å². The molecule has 2 aromatic heterocycles. The lowest BCUT2D eigenvalue weighted by molar-refractivity contribution is 0.626. The van der Waals surface area contributed by atoms with Crippen molar-refractivity contribution < 1.29 is 4.39 Å². The molecule has 7 heteroatoms. The van der Waals surface area contributed by atoms with Gasteiger partial charge in [-0.1, -0.05) is 18.2 Å². The Kier molecular flexibility index (Phi) is 5.56. The van der Waals surface area contributed by atoms with Gasteiger partial charge in [0.05, 0.1) is 0 Å². The van der Waals surface area contributed by atoms with Crippen LogP contribution in [0.3, 0.4) is 0 Å². The van der Waals surface area contributed by atoms with Crippen LogP contribution in [-0.4, -0.2) is 40.7 Å². The van der Waals surface area contributed by atoms with Gasteiger partial charge in [-0.05, 0) is 36.2 Å². The Morgan fingerprint density at radius 1 is 1.04 bits per heavy atom. The van der Waals surface area contributed by atoms with Crippen LogP contribution in [0, 0.1) is 5.82 Å². The zero-order valence-electron chi connectivity index (χ0n) is 14.1. The Bertz CT molecular complexity index is 840. The molecule has 0 bridgehead atoms. The molecule has 25 heavy (non-hydrogen) atoms. The van der Waals surface area contributed by atoms with Crippen LogP contribution in [0.5, 0.6) is 0 Å². The van der Waals surface area contributed by atoms with Crippen molar-refractivity contribution in [1.29, 1.82) is 0 Å². The molecular formula is C18H21FN6. The van der Waals surface area contributed by atoms with Crippen molar-refractivity contribution in [2.24, 2.45) is 4.99 Å². The van der Waals surface area contributed by atoms with Crippen LogP contribution in [0.1, 0.15) is 11.4 Å². The van der Waals surface area contributed by atoms with Gasteiger partial charge in [0.1, 0.15) is 11.6 Å². The summed E-state index contributed by atoms with van der Waals surface area (Å²) in [5, 5.41) is 14.9. The number of aliphatic imine (C=N–C) groups is 1. The van der Waals surface area contributed by atoms with E-state index >= 15 is 0 Å². The van der Waals surface area contributed by atoms with Crippen molar-refractivity contribution >= 4 is 11.6 Å². The lowest BCUT2D eigenvalue weighted by Gasteiger charge is -2.11. The lowest BCUT2D eigenvalue weighted by atomic mass is 10.1. The number of nitrogens with zero attached hydrogens (tertiary/aromatic N) is 4. The molecular weight excluding hydrogens is 319 g/mol. The Hall–Kier alpha value is -2.96. The monoisotopic (exact) mass is 340 g/mol. The molecule has 0 aliphatic carbocycles. The van der Waals surface area contributed by atoms with Crippen LogP contribution < -0.4 is 10.6 Å². The molecule has 0 saturated carbocycles. The number of fused-ring (bicyclic) bond motifs is 1. The Morgan fingerprint density at radius 3 is 2.56 bits per heavy atom. The second-order valence-electron chi connectivity index (χ2n) is 5.60. The van der Waals surface area contributed by atoms with Crippen LogP contribution in [0.2, 0.25) is 0 Å². The van der Waals surface area contributed by atoms with E-state index in [1.807, 2.05) is 28.8 Å². The third-order valence-electron chi connectivity index (χ3n) is 3.87. The zero-order chi connectivity index (χ0) is 17.5. The molecule has 0 radical (unpaired) electrons. The molecule has 3 aromatic rings. The van der Waals surface area contributed by atoms with Crippen LogP contribution in [-0.2, 0) is 12.8 Å². The number of halogens is 1. The summed E-state index contributed by atoms with van der Waals surface area (Å²) in [5.74, 6) is 1.43. The van der Waals surface area contributed by atoms with Crippen molar-refractivity contribution in [3.8, 4) is 0 Å². The molecule has 0 aliphatic rings. The van der Waals surface area contributed by atoms with E-state index in [4.69, 9.17) is 0 Å². The number of rotatable bonds is 6. The number of nitrogens with one attached hydrogen (secondary N) is 2. The summed E-state index contributed by atoms with van der Waals surface area (Å²) in [4.78, 5) is 4.21. The molecule has 0 aliphatic heterocycles. The summed E-state index contributed by atoms with van der Waals surface area (Å²) in [6.07, 6.45) is 3.50. The largest absolute Gasteiger partial charge is 0.356 e. The molecule has 0 fully saturated rings. The lowest BCUT2D eigenvalue weighted by Crippen LogP contribution is -2.39. The minimum absolute atomic E-state index is 0.213. The van der Waals surface area contributed by atoms with E-state index in [0.29, 0.717) is 6.54 Å². The first-order valence-electron chi connectivity index (χ1n) is 8.24. The molecule has 0 saturated heterocycles. The third kappa shape index (κ3) is 4.53. The van der Waals surface area contributed by atoms with Gasteiger partial charge in [-0.25, -0.2) is 4.39 Å². The average Bonchev–Trinajstić information content (AvgIpc) is 3.05. The van der Waals surface area contributed by atoms with Crippen molar-refractivity contribution in [3.05, 3.63) is 65.9 Å². The number of benzene rings is 1. The van der Waals surface area contributed by atoms with E-state index in [2.05, 4.69) is 25.8 Å². The van der Waals surface area contributed by atoms with Crippen LogP contribution in [0.25, 0.3) is 5.65 Å². The molecule has 0 amide bonds. The minimum atomic E-state index is -0.213. The summed E-state index contributed by atoms with van der Waals surface area (Å²) in [6.45, 7) is 1.42.